The third-order valence-electron chi connectivity index (χ3n) is 4.85. The molecule has 1 atom stereocenters. The second-order valence-electron chi connectivity index (χ2n) is 7.82. The molecule has 188 valence electrons. The Morgan fingerprint density at radius 3 is 2.24 bits per heavy atom. The number of anilines is 2. The number of sulfonamides is 1. The number of rotatable bonds is 10. The molecule has 1 amide bonds. The number of hydrogen-bond acceptors (Lipinski definition) is 4. The molecule has 0 aliphatic rings. The first-order chi connectivity index (χ1) is 15.7. The lowest BCUT2D eigenvalue weighted by Gasteiger charge is -2.17. The van der Waals surface area contributed by atoms with Crippen molar-refractivity contribution in [1.29, 1.82) is 0 Å². The average Bonchev–Trinajstić information content (AvgIpc) is 2.72. The van der Waals surface area contributed by atoms with Crippen LogP contribution >= 0.6 is 0 Å². The summed E-state index contributed by atoms with van der Waals surface area (Å²) in [5, 5.41) is 5.51. The Balaban J connectivity index is 2.09. The minimum atomic E-state index is -4.50. The third kappa shape index (κ3) is 7.86. The summed E-state index contributed by atoms with van der Waals surface area (Å²) >= 11 is 0. The topological polar surface area (TPSA) is 87.3 Å². The summed E-state index contributed by atoms with van der Waals surface area (Å²) in [6.45, 7) is 3.81. The summed E-state index contributed by atoms with van der Waals surface area (Å²) in [4.78, 5) is 12.4. The number of carbonyl (C=O) groups is 1. The van der Waals surface area contributed by atoms with E-state index in [2.05, 4.69) is 10.6 Å². The molecule has 0 aliphatic heterocycles. The van der Waals surface area contributed by atoms with Gasteiger partial charge < -0.3 is 10.6 Å². The van der Waals surface area contributed by atoms with Gasteiger partial charge in [0.25, 0.3) is 0 Å². The van der Waals surface area contributed by atoms with Gasteiger partial charge in [-0.25, -0.2) is 17.2 Å². The van der Waals surface area contributed by atoms with Crippen LogP contribution in [0.15, 0.2) is 30.3 Å². The molecule has 0 aromatic heterocycles. The molecule has 2 aromatic rings. The number of aryl methyl sites for hydroxylation is 1. The predicted octanol–water partition coefficient (Wildman–Crippen LogP) is 4.99. The summed E-state index contributed by atoms with van der Waals surface area (Å²) in [7, 11) is -3.90. The van der Waals surface area contributed by atoms with Crippen molar-refractivity contribution < 1.29 is 35.2 Å². The van der Waals surface area contributed by atoms with Gasteiger partial charge in [0.2, 0.25) is 15.9 Å². The fourth-order valence-corrected chi connectivity index (χ4v) is 3.73. The van der Waals surface area contributed by atoms with Gasteiger partial charge in [-0.05, 0) is 55.2 Å². The van der Waals surface area contributed by atoms with Crippen molar-refractivity contribution in [2.45, 2.75) is 45.3 Å². The molecule has 1 unspecified atom stereocenters. The lowest BCUT2D eigenvalue weighted by atomic mass is 10.0. The van der Waals surface area contributed by atoms with E-state index in [-0.39, 0.29) is 24.1 Å². The van der Waals surface area contributed by atoms with Gasteiger partial charge in [-0.1, -0.05) is 13.0 Å². The molecule has 0 heterocycles. The van der Waals surface area contributed by atoms with Gasteiger partial charge in [-0.15, -0.1) is 0 Å². The largest absolute Gasteiger partial charge is 0.416 e. The smallest absolute Gasteiger partial charge is 0.385 e. The second kappa shape index (κ2) is 11.0. The molecular formula is C22H26F5N3O3S. The van der Waals surface area contributed by atoms with Gasteiger partial charge in [0, 0.05) is 18.7 Å². The minimum absolute atomic E-state index is 0.0715. The van der Waals surface area contributed by atoms with Gasteiger partial charge in [0.1, 0.15) is 5.69 Å². The molecule has 2 aromatic carbocycles. The second-order valence-corrected chi connectivity index (χ2v) is 9.57. The van der Waals surface area contributed by atoms with Crippen LogP contribution in [-0.4, -0.2) is 27.1 Å². The quantitative estimate of drug-likeness (QED) is 0.396. The first-order valence-electron chi connectivity index (χ1n) is 10.4. The maximum Gasteiger partial charge on any atom is 0.416 e. The Morgan fingerprint density at radius 2 is 1.71 bits per heavy atom. The zero-order chi connectivity index (χ0) is 25.7. The van der Waals surface area contributed by atoms with Gasteiger partial charge in [0.05, 0.1) is 17.9 Å². The first kappa shape index (κ1) is 27.4. The van der Waals surface area contributed by atoms with Crippen LogP contribution in [0.3, 0.4) is 0 Å². The Morgan fingerprint density at radius 1 is 1.09 bits per heavy atom. The van der Waals surface area contributed by atoms with E-state index in [0.29, 0.717) is 18.5 Å². The van der Waals surface area contributed by atoms with E-state index in [4.69, 9.17) is 0 Å². The highest BCUT2D eigenvalue weighted by molar-refractivity contribution is 7.92. The first-order valence-corrected chi connectivity index (χ1v) is 12.3. The monoisotopic (exact) mass is 507 g/mol. The normalized spacial score (nSPS) is 12.8. The molecule has 34 heavy (non-hydrogen) atoms. The fraction of sp³-hybridized carbons (Fsp3) is 0.409. The lowest BCUT2D eigenvalue weighted by Crippen LogP contribution is -2.27. The highest BCUT2D eigenvalue weighted by Crippen LogP contribution is 2.32. The van der Waals surface area contributed by atoms with Crippen LogP contribution in [0.25, 0.3) is 0 Å². The van der Waals surface area contributed by atoms with Crippen LogP contribution in [0.2, 0.25) is 0 Å². The minimum Gasteiger partial charge on any atom is -0.385 e. The van der Waals surface area contributed by atoms with Crippen molar-refractivity contribution in [3.63, 3.8) is 0 Å². The molecule has 0 spiro atoms. The molecule has 6 nitrogen and oxygen atoms in total. The summed E-state index contributed by atoms with van der Waals surface area (Å²) < 4.78 is 91.7. The van der Waals surface area contributed by atoms with Crippen LogP contribution < -0.4 is 15.4 Å². The number of alkyl halides is 3. The van der Waals surface area contributed by atoms with Crippen molar-refractivity contribution >= 4 is 27.3 Å². The molecule has 0 saturated heterocycles. The molecule has 0 bridgehead atoms. The number of amides is 1. The number of nitrogens with one attached hydrogen (secondary N) is 3. The Kier molecular flexibility index (Phi) is 8.87. The van der Waals surface area contributed by atoms with Crippen molar-refractivity contribution in [1.82, 2.24) is 5.32 Å². The molecule has 0 aliphatic carbocycles. The lowest BCUT2D eigenvalue weighted by molar-refractivity contribution is -0.137. The molecular weight excluding hydrogens is 481 g/mol. The summed E-state index contributed by atoms with van der Waals surface area (Å²) in [5.41, 5.74) is -0.736. The van der Waals surface area contributed by atoms with Crippen molar-refractivity contribution in [2.24, 2.45) is 0 Å². The molecule has 0 fully saturated rings. The van der Waals surface area contributed by atoms with E-state index in [1.165, 1.54) is 13.0 Å². The van der Waals surface area contributed by atoms with Gasteiger partial charge in [0.15, 0.2) is 11.6 Å². The molecule has 2 rings (SSSR count). The maximum absolute atomic E-state index is 14.2. The van der Waals surface area contributed by atoms with Crippen molar-refractivity contribution in [3.8, 4) is 0 Å². The number of benzene rings is 2. The standard InChI is InChI=1S/C22H26F5N3O3S/c1-4-9-28-19-12-16(22(25,26)27)7-5-14(19)6-8-20(31)29-13(2)15-10-17(23)21(18(24)11-15)30-34(3,32)33/h5,7,10-13,28,30H,4,6,8-9H2,1-3H3,(H,29,31). The van der Waals surface area contributed by atoms with E-state index in [9.17, 15) is 35.2 Å². The number of carbonyl (C=O) groups excluding carboxylic acids is 1. The van der Waals surface area contributed by atoms with Crippen LogP contribution in [-0.2, 0) is 27.4 Å². The van der Waals surface area contributed by atoms with E-state index in [1.807, 2.05) is 6.92 Å². The number of hydrogen-bond donors (Lipinski definition) is 3. The summed E-state index contributed by atoms with van der Waals surface area (Å²) in [6.07, 6.45) is -2.98. The van der Waals surface area contributed by atoms with E-state index < -0.39 is 51.0 Å². The van der Waals surface area contributed by atoms with Crippen LogP contribution in [0, 0.1) is 11.6 Å². The van der Waals surface area contributed by atoms with Crippen molar-refractivity contribution in [2.75, 3.05) is 22.8 Å². The zero-order valence-electron chi connectivity index (χ0n) is 18.8. The Hall–Kier alpha value is -2.89. The van der Waals surface area contributed by atoms with Gasteiger partial charge in [-0.3, -0.25) is 9.52 Å². The summed E-state index contributed by atoms with van der Waals surface area (Å²) in [5.74, 6) is -2.76. The van der Waals surface area contributed by atoms with Crippen LogP contribution in [0.4, 0.5) is 33.3 Å². The van der Waals surface area contributed by atoms with E-state index in [1.54, 1.807) is 4.72 Å². The van der Waals surface area contributed by atoms with Crippen LogP contribution in [0.5, 0.6) is 0 Å². The van der Waals surface area contributed by atoms with Crippen LogP contribution in [0.1, 0.15) is 49.4 Å². The highest BCUT2D eigenvalue weighted by Gasteiger charge is 2.31. The van der Waals surface area contributed by atoms with Gasteiger partial charge in [-0.2, -0.15) is 13.2 Å². The molecule has 0 radical (unpaired) electrons. The van der Waals surface area contributed by atoms with E-state index in [0.717, 1.165) is 30.5 Å². The van der Waals surface area contributed by atoms with E-state index >= 15 is 0 Å². The summed E-state index contributed by atoms with van der Waals surface area (Å²) in [6, 6.07) is 4.27. The molecule has 3 N–H and O–H groups in total. The molecule has 0 saturated carbocycles. The Labute approximate surface area is 195 Å². The maximum atomic E-state index is 14.2. The average molecular weight is 508 g/mol. The fourth-order valence-electron chi connectivity index (χ4n) is 3.17. The SMILES string of the molecule is CCCNc1cc(C(F)(F)F)ccc1CCC(=O)NC(C)c1cc(F)c(NS(C)(=O)=O)c(F)c1. The van der Waals surface area contributed by atoms with Crippen molar-refractivity contribution in [3.05, 3.63) is 58.7 Å². The third-order valence-corrected chi connectivity index (χ3v) is 5.43. The predicted molar refractivity (Wildman–Crippen MR) is 120 cm³/mol. The Bertz CT molecular complexity index is 1110. The van der Waals surface area contributed by atoms with Gasteiger partial charge >= 0.3 is 6.18 Å². The molecule has 12 heteroatoms. The zero-order valence-corrected chi connectivity index (χ0v) is 19.6. The highest BCUT2D eigenvalue weighted by atomic mass is 32.2. The number of halogens is 5.